The van der Waals surface area contributed by atoms with Crippen molar-refractivity contribution < 1.29 is 14.3 Å². The SMILES string of the molecule is CCOC(=O)c1ccc(-n2c(N)c(C(=O)NC(C)CC)c3nc4ccccc4nc32)cc1. The number of nitrogens with two attached hydrogens (primary N) is 1. The first-order chi connectivity index (χ1) is 15.4. The van der Waals surface area contributed by atoms with Gasteiger partial charge in [0.05, 0.1) is 23.2 Å². The van der Waals surface area contributed by atoms with Gasteiger partial charge in [-0.1, -0.05) is 19.1 Å². The number of benzene rings is 2. The number of aromatic nitrogens is 3. The second-order valence-corrected chi connectivity index (χ2v) is 7.53. The molecule has 32 heavy (non-hydrogen) atoms. The minimum absolute atomic E-state index is 0.0161. The average molecular weight is 431 g/mol. The number of carbonyl (C=O) groups is 2. The molecular weight excluding hydrogens is 406 g/mol. The predicted octanol–water partition coefficient (Wildman–Crippen LogP) is 3.86. The van der Waals surface area contributed by atoms with Gasteiger partial charge in [0.2, 0.25) is 0 Å². The molecular formula is C24H25N5O3. The van der Waals surface area contributed by atoms with E-state index < -0.39 is 5.97 Å². The standard InChI is InChI=1S/C24H25N5O3/c1-4-14(3)26-23(30)19-20-22(28-18-9-7-6-8-17(18)27-20)29(21(19)25)16-12-10-15(11-13-16)24(31)32-5-2/h6-14H,4-5,25H2,1-3H3,(H,26,30). The van der Waals surface area contributed by atoms with Gasteiger partial charge in [0.1, 0.15) is 16.9 Å². The Labute approximate surface area is 185 Å². The van der Waals surface area contributed by atoms with E-state index in [2.05, 4.69) is 5.32 Å². The molecule has 0 fully saturated rings. The summed E-state index contributed by atoms with van der Waals surface area (Å²) in [6, 6.07) is 14.2. The monoisotopic (exact) mass is 431 g/mol. The number of hydrogen-bond acceptors (Lipinski definition) is 6. The molecule has 0 aliphatic rings. The van der Waals surface area contributed by atoms with E-state index in [1.807, 2.05) is 38.1 Å². The molecule has 0 aliphatic heterocycles. The molecule has 8 heteroatoms. The number of ether oxygens (including phenoxy) is 1. The molecule has 164 valence electrons. The molecule has 1 amide bonds. The van der Waals surface area contributed by atoms with Crippen LogP contribution in [0.2, 0.25) is 0 Å². The molecule has 0 bridgehead atoms. The van der Waals surface area contributed by atoms with E-state index >= 15 is 0 Å². The molecule has 3 N–H and O–H groups in total. The number of fused-ring (bicyclic) bond motifs is 2. The van der Waals surface area contributed by atoms with Gasteiger partial charge in [0, 0.05) is 11.7 Å². The summed E-state index contributed by atoms with van der Waals surface area (Å²) in [7, 11) is 0. The summed E-state index contributed by atoms with van der Waals surface area (Å²) in [5.74, 6) is -0.461. The number of nitrogens with one attached hydrogen (secondary N) is 1. The predicted molar refractivity (Wildman–Crippen MR) is 124 cm³/mol. The molecule has 0 aliphatic carbocycles. The van der Waals surface area contributed by atoms with E-state index in [1.165, 1.54) is 0 Å². The van der Waals surface area contributed by atoms with Crippen molar-refractivity contribution in [2.24, 2.45) is 0 Å². The molecule has 1 unspecified atom stereocenters. The summed E-state index contributed by atoms with van der Waals surface area (Å²) in [6.45, 7) is 5.99. The second kappa shape index (κ2) is 8.66. The number of para-hydroxylation sites is 2. The topological polar surface area (TPSA) is 112 Å². The lowest BCUT2D eigenvalue weighted by Crippen LogP contribution is -2.32. The Hall–Kier alpha value is -3.94. The van der Waals surface area contributed by atoms with Crippen molar-refractivity contribution in [3.8, 4) is 5.69 Å². The number of carbonyl (C=O) groups excluding carboxylic acids is 2. The normalized spacial score (nSPS) is 12.1. The third-order valence-corrected chi connectivity index (χ3v) is 5.35. The summed E-state index contributed by atoms with van der Waals surface area (Å²) in [6.07, 6.45) is 0.786. The molecule has 2 aromatic heterocycles. The summed E-state index contributed by atoms with van der Waals surface area (Å²) in [4.78, 5) is 34.6. The van der Waals surface area contributed by atoms with Gasteiger partial charge in [-0.25, -0.2) is 14.8 Å². The van der Waals surface area contributed by atoms with Gasteiger partial charge in [0.25, 0.3) is 5.91 Å². The van der Waals surface area contributed by atoms with Gasteiger partial charge in [-0.3, -0.25) is 9.36 Å². The van der Waals surface area contributed by atoms with E-state index in [0.29, 0.717) is 40.1 Å². The average Bonchev–Trinajstić information content (AvgIpc) is 3.08. The molecule has 4 aromatic rings. The Balaban J connectivity index is 1.92. The van der Waals surface area contributed by atoms with Crippen LogP contribution in [0.1, 0.15) is 47.9 Å². The van der Waals surface area contributed by atoms with Crippen LogP contribution >= 0.6 is 0 Å². The van der Waals surface area contributed by atoms with Gasteiger partial charge < -0.3 is 15.8 Å². The van der Waals surface area contributed by atoms with Gasteiger partial charge in [-0.05, 0) is 56.7 Å². The van der Waals surface area contributed by atoms with Gasteiger partial charge in [0.15, 0.2) is 5.65 Å². The fourth-order valence-corrected chi connectivity index (χ4v) is 3.51. The Morgan fingerprint density at radius 2 is 1.72 bits per heavy atom. The number of amides is 1. The van der Waals surface area contributed by atoms with Gasteiger partial charge in [-0.2, -0.15) is 0 Å². The Kier molecular flexibility index (Phi) is 5.77. The molecule has 8 nitrogen and oxygen atoms in total. The maximum Gasteiger partial charge on any atom is 0.338 e. The van der Waals surface area contributed by atoms with Crippen LogP contribution in [-0.2, 0) is 4.74 Å². The molecule has 4 rings (SSSR count). The van der Waals surface area contributed by atoms with Crippen LogP contribution in [0.15, 0.2) is 48.5 Å². The third kappa shape index (κ3) is 3.75. The number of esters is 1. The number of nitrogen functional groups attached to an aromatic ring is 1. The van der Waals surface area contributed by atoms with Crippen LogP contribution in [-0.4, -0.2) is 39.1 Å². The minimum Gasteiger partial charge on any atom is -0.462 e. The summed E-state index contributed by atoms with van der Waals surface area (Å²) >= 11 is 0. The van der Waals surface area contributed by atoms with Crippen LogP contribution in [0.3, 0.4) is 0 Å². The van der Waals surface area contributed by atoms with E-state index in [4.69, 9.17) is 20.4 Å². The number of rotatable bonds is 6. The minimum atomic E-state index is -0.399. The highest BCUT2D eigenvalue weighted by atomic mass is 16.5. The summed E-state index contributed by atoms with van der Waals surface area (Å²) < 4.78 is 6.74. The van der Waals surface area contributed by atoms with Crippen LogP contribution in [0, 0.1) is 0 Å². The van der Waals surface area contributed by atoms with Crippen molar-refractivity contribution in [2.45, 2.75) is 33.2 Å². The molecule has 0 spiro atoms. The van der Waals surface area contributed by atoms with Crippen molar-refractivity contribution >= 4 is 39.9 Å². The molecule has 2 heterocycles. The highest BCUT2D eigenvalue weighted by molar-refractivity contribution is 6.11. The molecule has 0 saturated carbocycles. The lowest BCUT2D eigenvalue weighted by molar-refractivity contribution is 0.0526. The first-order valence-electron chi connectivity index (χ1n) is 10.6. The van der Waals surface area contributed by atoms with Crippen LogP contribution in [0.25, 0.3) is 27.9 Å². The van der Waals surface area contributed by atoms with E-state index in [0.717, 1.165) is 6.42 Å². The number of nitrogens with zero attached hydrogens (tertiary/aromatic N) is 3. The maximum atomic E-state index is 13.1. The van der Waals surface area contributed by atoms with E-state index in [-0.39, 0.29) is 23.3 Å². The molecule has 1 atom stereocenters. The second-order valence-electron chi connectivity index (χ2n) is 7.53. The zero-order valence-electron chi connectivity index (χ0n) is 18.3. The highest BCUT2D eigenvalue weighted by Gasteiger charge is 2.25. The number of hydrogen-bond donors (Lipinski definition) is 2. The van der Waals surface area contributed by atoms with Crippen molar-refractivity contribution in [3.05, 3.63) is 59.7 Å². The fraction of sp³-hybridized carbons (Fsp3) is 0.250. The van der Waals surface area contributed by atoms with Crippen molar-refractivity contribution in [1.29, 1.82) is 0 Å². The maximum absolute atomic E-state index is 13.1. The van der Waals surface area contributed by atoms with E-state index in [9.17, 15) is 9.59 Å². The molecule has 0 saturated heterocycles. The largest absolute Gasteiger partial charge is 0.462 e. The summed E-state index contributed by atoms with van der Waals surface area (Å²) in [5, 5.41) is 2.97. The van der Waals surface area contributed by atoms with Gasteiger partial charge >= 0.3 is 5.97 Å². The number of anilines is 1. The first-order valence-corrected chi connectivity index (χ1v) is 10.6. The van der Waals surface area contributed by atoms with Crippen molar-refractivity contribution in [3.63, 3.8) is 0 Å². The van der Waals surface area contributed by atoms with Gasteiger partial charge in [-0.15, -0.1) is 0 Å². The van der Waals surface area contributed by atoms with E-state index in [1.54, 1.807) is 35.8 Å². The smallest absolute Gasteiger partial charge is 0.338 e. The lowest BCUT2D eigenvalue weighted by Gasteiger charge is -2.12. The third-order valence-electron chi connectivity index (χ3n) is 5.35. The lowest BCUT2D eigenvalue weighted by atomic mass is 10.2. The highest BCUT2D eigenvalue weighted by Crippen LogP contribution is 2.31. The Morgan fingerprint density at radius 1 is 1.06 bits per heavy atom. The molecule has 2 aromatic carbocycles. The zero-order chi connectivity index (χ0) is 22.8. The van der Waals surface area contributed by atoms with Crippen molar-refractivity contribution in [1.82, 2.24) is 19.9 Å². The first kappa shape index (κ1) is 21.3. The Morgan fingerprint density at radius 3 is 2.34 bits per heavy atom. The van der Waals surface area contributed by atoms with Crippen molar-refractivity contribution in [2.75, 3.05) is 12.3 Å². The van der Waals surface area contributed by atoms with Crippen LogP contribution in [0.5, 0.6) is 0 Å². The van der Waals surface area contributed by atoms with Crippen LogP contribution in [0.4, 0.5) is 5.82 Å². The summed E-state index contributed by atoms with van der Waals surface area (Å²) in [5.41, 5.74) is 10.1. The quantitative estimate of drug-likeness (QED) is 0.448. The van der Waals surface area contributed by atoms with Crippen LogP contribution < -0.4 is 11.1 Å². The Bertz CT molecular complexity index is 1310. The fourth-order valence-electron chi connectivity index (χ4n) is 3.51. The zero-order valence-corrected chi connectivity index (χ0v) is 18.3. The molecule has 0 radical (unpaired) electrons.